The van der Waals surface area contributed by atoms with Crippen molar-refractivity contribution in [3.63, 3.8) is 0 Å². The van der Waals surface area contributed by atoms with Crippen LogP contribution in [0.1, 0.15) is 16.7 Å². The predicted octanol–water partition coefficient (Wildman–Crippen LogP) is 4.44. The van der Waals surface area contributed by atoms with Crippen molar-refractivity contribution >= 4 is 11.6 Å². The summed E-state index contributed by atoms with van der Waals surface area (Å²) in [4.78, 5) is 0. The monoisotopic (exact) mass is 292 g/mol. The lowest BCUT2D eigenvalue weighted by molar-refractivity contribution is -0.143. The molecule has 0 aromatic heterocycles. The van der Waals surface area contributed by atoms with Crippen molar-refractivity contribution in [1.29, 1.82) is 0 Å². The average Bonchev–Trinajstić information content (AvgIpc) is 2.23. The minimum absolute atomic E-state index is 0.0597. The van der Waals surface area contributed by atoms with Crippen LogP contribution in [0.3, 0.4) is 0 Å². The molecule has 0 fully saturated rings. The first kappa shape index (κ1) is 15.1. The van der Waals surface area contributed by atoms with Gasteiger partial charge in [0.1, 0.15) is 6.07 Å². The van der Waals surface area contributed by atoms with E-state index in [1.165, 1.54) is 0 Å². The number of hydrogen-bond donors (Lipinski definition) is 0. The second-order valence-electron chi connectivity index (χ2n) is 3.37. The van der Waals surface area contributed by atoms with Crippen LogP contribution >= 0.6 is 11.6 Å². The summed E-state index contributed by atoms with van der Waals surface area (Å²) in [6.45, 7) is -0.420. The molecule has 0 heterocycles. The molecular weight excluding hydrogens is 286 g/mol. The lowest BCUT2D eigenvalue weighted by Crippen LogP contribution is -2.12. The van der Waals surface area contributed by atoms with Crippen LogP contribution < -0.4 is 0 Å². The normalized spacial score (nSPS) is 12.8. The Kier molecular flexibility index (Phi) is 4.50. The summed E-state index contributed by atoms with van der Waals surface area (Å²) in [6.07, 6.45) is -9.70. The standard InChI is InChI=1S/C10H7ClF6O/c11-5-18-4-6-1-7(9(12,13)14)3-8(2-6)10(15,16)17/h1-3H,4-5H2. The first-order valence-corrected chi connectivity index (χ1v) is 5.10. The fourth-order valence-electron chi connectivity index (χ4n) is 1.26. The fourth-order valence-corrected chi connectivity index (χ4v) is 1.34. The SMILES string of the molecule is FC(F)(F)c1cc(COCCl)cc(C(F)(F)F)c1. The van der Waals surface area contributed by atoms with E-state index in [9.17, 15) is 26.3 Å². The molecule has 0 N–H and O–H groups in total. The molecule has 1 aromatic carbocycles. The third-order valence-electron chi connectivity index (χ3n) is 1.99. The Morgan fingerprint density at radius 2 is 1.33 bits per heavy atom. The van der Waals surface area contributed by atoms with Crippen molar-refractivity contribution in [2.75, 3.05) is 6.07 Å². The van der Waals surface area contributed by atoms with E-state index in [0.717, 1.165) is 0 Å². The topological polar surface area (TPSA) is 9.23 Å². The van der Waals surface area contributed by atoms with Gasteiger partial charge in [0.25, 0.3) is 0 Å². The van der Waals surface area contributed by atoms with Crippen molar-refractivity contribution in [1.82, 2.24) is 0 Å². The zero-order valence-electron chi connectivity index (χ0n) is 8.70. The number of hydrogen-bond acceptors (Lipinski definition) is 1. The van der Waals surface area contributed by atoms with Crippen LogP contribution in [0.25, 0.3) is 0 Å². The molecule has 0 atom stereocenters. The summed E-state index contributed by atoms with van der Waals surface area (Å²) in [7, 11) is 0. The van der Waals surface area contributed by atoms with Crippen molar-refractivity contribution < 1.29 is 31.1 Å². The summed E-state index contributed by atoms with van der Waals surface area (Å²) >= 11 is 5.14. The lowest BCUT2D eigenvalue weighted by atomic mass is 10.1. The van der Waals surface area contributed by atoms with Crippen LogP contribution in [0.15, 0.2) is 18.2 Å². The second kappa shape index (κ2) is 5.36. The quantitative estimate of drug-likeness (QED) is 0.591. The Labute approximate surface area is 103 Å². The van der Waals surface area contributed by atoms with Gasteiger partial charge >= 0.3 is 12.4 Å². The Bertz CT molecular complexity index is 380. The van der Waals surface area contributed by atoms with Crippen molar-refractivity contribution in [3.05, 3.63) is 34.9 Å². The third-order valence-corrected chi connectivity index (χ3v) is 2.15. The molecule has 0 radical (unpaired) electrons. The van der Waals surface area contributed by atoms with Crippen LogP contribution in [0.4, 0.5) is 26.3 Å². The highest BCUT2D eigenvalue weighted by Crippen LogP contribution is 2.36. The van der Waals surface area contributed by atoms with E-state index in [2.05, 4.69) is 4.74 Å². The molecule has 0 aliphatic carbocycles. The number of rotatable bonds is 3. The maximum atomic E-state index is 12.4. The molecule has 0 saturated heterocycles. The summed E-state index contributed by atoms with van der Waals surface area (Å²) in [5, 5.41) is 0. The van der Waals surface area contributed by atoms with Gasteiger partial charge in [-0.3, -0.25) is 0 Å². The molecule has 0 saturated carbocycles. The molecule has 1 nitrogen and oxygen atoms in total. The maximum absolute atomic E-state index is 12.4. The molecule has 0 aliphatic heterocycles. The highest BCUT2D eigenvalue weighted by atomic mass is 35.5. The summed E-state index contributed by atoms with van der Waals surface area (Å²) < 4.78 is 79.1. The van der Waals surface area contributed by atoms with Gasteiger partial charge in [0.2, 0.25) is 0 Å². The Balaban J connectivity index is 3.21. The number of halogens is 7. The fraction of sp³-hybridized carbons (Fsp3) is 0.400. The highest BCUT2D eigenvalue weighted by molar-refractivity contribution is 6.17. The van der Waals surface area contributed by atoms with Crippen LogP contribution in [-0.2, 0) is 23.7 Å². The predicted molar refractivity (Wildman–Crippen MR) is 52.0 cm³/mol. The van der Waals surface area contributed by atoms with E-state index in [1.54, 1.807) is 0 Å². The molecule has 8 heteroatoms. The summed E-state index contributed by atoms with van der Waals surface area (Å²) in [6, 6.07) is 0.936. The van der Waals surface area contributed by atoms with Gasteiger partial charge in [0.15, 0.2) is 0 Å². The lowest BCUT2D eigenvalue weighted by Gasteiger charge is -2.14. The van der Waals surface area contributed by atoms with Gasteiger partial charge in [0, 0.05) is 0 Å². The summed E-state index contributed by atoms with van der Waals surface area (Å²) in [5.41, 5.74) is -2.98. The van der Waals surface area contributed by atoms with Crippen molar-refractivity contribution in [3.8, 4) is 0 Å². The van der Waals surface area contributed by atoms with Gasteiger partial charge in [-0.05, 0) is 23.8 Å². The van der Waals surface area contributed by atoms with Gasteiger partial charge in [0.05, 0.1) is 17.7 Å². The number of benzene rings is 1. The zero-order chi connectivity index (χ0) is 14.0. The molecule has 0 bridgehead atoms. The van der Waals surface area contributed by atoms with Crippen molar-refractivity contribution in [2.45, 2.75) is 19.0 Å². The largest absolute Gasteiger partial charge is 0.416 e. The molecule has 1 aromatic rings. The first-order chi connectivity index (χ1) is 8.14. The van der Waals surface area contributed by atoms with Crippen molar-refractivity contribution in [2.24, 2.45) is 0 Å². The van der Waals surface area contributed by atoms with Gasteiger partial charge in [-0.2, -0.15) is 26.3 Å². The van der Waals surface area contributed by atoms with Crippen LogP contribution in [0.5, 0.6) is 0 Å². The highest BCUT2D eigenvalue weighted by Gasteiger charge is 2.36. The van der Waals surface area contributed by atoms with E-state index in [-0.39, 0.29) is 17.7 Å². The molecule has 1 rings (SSSR count). The molecule has 0 unspecified atom stereocenters. The molecule has 0 amide bonds. The van der Waals surface area contributed by atoms with Gasteiger partial charge in [-0.1, -0.05) is 11.6 Å². The van der Waals surface area contributed by atoms with Gasteiger partial charge in [-0.15, -0.1) is 0 Å². The first-order valence-electron chi connectivity index (χ1n) is 4.56. The van der Waals surface area contributed by atoms with Gasteiger partial charge in [-0.25, -0.2) is 0 Å². The summed E-state index contributed by atoms with van der Waals surface area (Å²) in [5.74, 6) is 0. The van der Waals surface area contributed by atoms with E-state index < -0.39 is 30.1 Å². The maximum Gasteiger partial charge on any atom is 0.416 e. The Morgan fingerprint density at radius 1 is 0.889 bits per heavy atom. The molecule has 0 spiro atoms. The smallest absolute Gasteiger partial charge is 0.361 e. The van der Waals surface area contributed by atoms with Crippen LogP contribution in [-0.4, -0.2) is 6.07 Å². The Hall–Kier alpha value is -0.950. The minimum atomic E-state index is -4.85. The minimum Gasteiger partial charge on any atom is -0.361 e. The average molecular weight is 293 g/mol. The zero-order valence-corrected chi connectivity index (χ0v) is 9.46. The third kappa shape index (κ3) is 4.06. The van der Waals surface area contributed by atoms with Crippen LogP contribution in [0.2, 0.25) is 0 Å². The van der Waals surface area contributed by atoms with E-state index in [1.807, 2.05) is 0 Å². The van der Waals surface area contributed by atoms with E-state index in [0.29, 0.717) is 12.1 Å². The number of alkyl halides is 7. The molecule has 102 valence electrons. The molecular formula is C10H7ClF6O. The second-order valence-corrected chi connectivity index (χ2v) is 3.59. The Morgan fingerprint density at radius 3 is 1.67 bits per heavy atom. The molecule has 0 aliphatic rings. The van der Waals surface area contributed by atoms with E-state index >= 15 is 0 Å². The molecule has 18 heavy (non-hydrogen) atoms. The van der Waals surface area contributed by atoms with Crippen LogP contribution in [0, 0.1) is 0 Å². The van der Waals surface area contributed by atoms with Gasteiger partial charge < -0.3 is 4.74 Å². The van der Waals surface area contributed by atoms with E-state index in [4.69, 9.17) is 11.6 Å². The number of ether oxygens (including phenoxy) is 1.